The van der Waals surface area contributed by atoms with Crippen LogP contribution in [-0.4, -0.2) is 41.1 Å². The van der Waals surface area contributed by atoms with Crippen LogP contribution in [0.2, 0.25) is 0 Å². The van der Waals surface area contributed by atoms with E-state index in [4.69, 9.17) is 14.2 Å². The first kappa shape index (κ1) is 20.9. The number of ether oxygens (including phenoxy) is 3. The fourth-order valence-corrected chi connectivity index (χ4v) is 2.80. The Kier molecular flexibility index (Phi) is 6.32. The fraction of sp³-hybridized carbons (Fsp3) is 0.263. The summed E-state index contributed by atoms with van der Waals surface area (Å²) < 4.78 is 15.7. The smallest absolute Gasteiger partial charge is 0.344 e. The Morgan fingerprint density at radius 2 is 1.70 bits per heavy atom. The van der Waals surface area contributed by atoms with Crippen molar-refractivity contribution in [3.8, 4) is 5.75 Å². The van der Waals surface area contributed by atoms with Crippen LogP contribution in [0.25, 0.3) is 0 Å². The van der Waals surface area contributed by atoms with E-state index >= 15 is 0 Å². The highest BCUT2D eigenvalue weighted by Crippen LogP contribution is 2.24. The summed E-state index contributed by atoms with van der Waals surface area (Å²) in [5.41, 5.74) is -1.49. The number of rotatable bonds is 7. The Labute approximate surface area is 169 Å². The van der Waals surface area contributed by atoms with Crippen molar-refractivity contribution in [3.05, 3.63) is 73.8 Å². The SMILES string of the molecule is O=C(OCC1CCCO1)c1cccc(OC(=O)c2cc([N+](=O)[O-])cc([N+](=O)[O-])c2)c1. The molecule has 1 fully saturated rings. The molecule has 156 valence electrons. The average molecular weight is 416 g/mol. The van der Waals surface area contributed by atoms with Gasteiger partial charge in [-0.2, -0.15) is 0 Å². The summed E-state index contributed by atoms with van der Waals surface area (Å²) in [5, 5.41) is 21.9. The molecule has 11 heteroatoms. The van der Waals surface area contributed by atoms with E-state index in [2.05, 4.69) is 0 Å². The molecule has 2 aromatic rings. The Morgan fingerprint density at radius 3 is 2.30 bits per heavy atom. The average Bonchev–Trinajstić information content (AvgIpc) is 3.25. The number of hydrogen-bond donors (Lipinski definition) is 0. The molecule has 0 spiro atoms. The zero-order valence-electron chi connectivity index (χ0n) is 15.5. The van der Waals surface area contributed by atoms with Gasteiger partial charge in [-0.25, -0.2) is 9.59 Å². The third kappa shape index (κ3) is 5.14. The van der Waals surface area contributed by atoms with Crippen molar-refractivity contribution >= 4 is 23.3 Å². The molecule has 2 aromatic carbocycles. The Hall–Kier alpha value is -3.86. The number of carbonyl (C=O) groups is 2. The molecule has 0 saturated carbocycles. The van der Waals surface area contributed by atoms with Crippen LogP contribution in [-0.2, 0) is 9.47 Å². The number of nitrogens with zero attached hydrogens (tertiary/aromatic N) is 2. The Bertz CT molecular complexity index is 967. The van der Waals surface area contributed by atoms with Crippen LogP contribution in [0.15, 0.2) is 42.5 Å². The van der Waals surface area contributed by atoms with E-state index in [0.717, 1.165) is 31.0 Å². The topological polar surface area (TPSA) is 148 Å². The third-order valence-corrected chi connectivity index (χ3v) is 4.26. The van der Waals surface area contributed by atoms with Gasteiger partial charge in [0.25, 0.3) is 11.4 Å². The van der Waals surface area contributed by atoms with E-state index in [1.54, 1.807) is 0 Å². The highest BCUT2D eigenvalue weighted by Gasteiger charge is 2.22. The lowest BCUT2D eigenvalue weighted by atomic mass is 10.1. The van der Waals surface area contributed by atoms with Crippen molar-refractivity contribution in [3.63, 3.8) is 0 Å². The van der Waals surface area contributed by atoms with E-state index in [0.29, 0.717) is 6.61 Å². The predicted molar refractivity (Wildman–Crippen MR) is 100 cm³/mol. The molecular formula is C19H16N2O9. The molecule has 0 amide bonds. The Balaban J connectivity index is 1.72. The van der Waals surface area contributed by atoms with E-state index < -0.39 is 33.2 Å². The Morgan fingerprint density at radius 1 is 1.00 bits per heavy atom. The van der Waals surface area contributed by atoms with Gasteiger partial charge >= 0.3 is 11.9 Å². The summed E-state index contributed by atoms with van der Waals surface area (Å²) in [6, 6.07) is 8.06. The fourth-order valence-electron chi connectivity index (χ4n) is 2.80. The largest absolute Gasteiger partial charge is 0.459 e. The molecule has 1 unspecified atom stereocenters. The van der Waals surface area contributed by atoms with Gasteiger partial charge in [-0.1, -0.05) is 6.07 Å². The van der Waals surface area contributed by atoms with Crippen molar-refractivity contribution in [2.75, 3.05) is 13.2 Å². The molecule has 11 nitrogen and oxygen atoms in total. The highest BCUT2D eigenvalue weighted by molar-refractivity contribution is 5.93. The van der Waals surface area contributed by atoms with Crippen LogP contribution in [0.1, 0.15) is 33.6 Å². The summed E-state index contributed by atoms with van der Waals surface area (Å²) in [7, 11) is 0. The first-order valence-corrected chi connectivity index (χ1v) is 8.88. The van der Waals surface area contributed by atoms with Gasteiger partial charge in [0, 0.05) is 18.7 Å². The maximum Gasteiger partial charge on any atom is 0.344 e. The number of esters is 2. The van der Waals surface area contributed by atoms with Gasteiger partial charge in [0.15, 0.2) is 0 Å². The standard InChI is InChI=1S/C19H16N2O9/c22-18(29-11-17-5-2-6-28-17)12-3-1-4-16(9-12)30-19(23)13-7-14(20(24)25)10-15(8-13)21(26)27/h1,3-4,7-10,17H,2,5-6,11H2. The predicted octanol–water partition coefficient (Wildman–Crippen LogP) is 3.06. The number of non-ortho nitro benzene ring substituents is 2. The van der Waals surface area contributed by atoms with Gasteiger partial charge in [0.1, 0.15) is 12.4 Å². The summed E-state index contributed by atoms with van der Waals surface area (Å²) in [6.45, 7) is 0.740. The summed E-state index contributed by atoms with van der Waals surface area (Å²) in [4.78, 5) is 44.7. The third-order valence-electron chi connectivity index (χ3n) is 4.26. The number of benzene rings is 2. The van der Waals surface area contributed by atoms with Crippen molar-refractivity contribution in [1.29, 1.82) is 0 Å². The molecule has 0 bridgehead atoms. The van der Waals surface area contributed by atoms with E-state index in [1.807, 2.05) is 0 Å². The van der Waals surface area contributed by atoms with Crippen molar-refractivity contribution in [2.24, 2.45) is 0 Å². The van der Waals surface area contributed by atoms with E-state index in [-0.39, 0.29) is 29.6 Å². The van der Waals surface area contributed by atoms with Gasteiger partial charge in [0.05, 0.1) is 33.1 Å². The zero-order chi connectivity index (χ0) is 21.7. The van der Waals surface area contributed by atoms with Crippen molar-refractivity contribution in [1.82, 2.24) is 0 Å². The van der Waals surface area contributed by atoms with Gasteiger partial charge in [-0.15, -0.1) is 0 Å². The summed E-state index contributed by atoms with van der Waals surface area (Å²) in [5.74, 6) is -1.71. The minimum absolute atomic E-state index is 0.0271. The molecule has 0 N–H and O–H groups in total. The van der Waals surface area contributed by atoms with Crippen LogP contribution < -0.4 is 4.74 Å². The zero-order valence-corrected chi connectivity index (χ0v) is 15.5. The molecule has 3 rings (SSSR count). The first-order valence-electron chi connectivity index (χ1n) is 8.88. The van der Waals surface area contributed by atoms with Crippen LogP contribution in [0.5, 0.6) is 5.75 Å². The van der Waals surface area contributed by atoms with Crippen molar-refractivity contribution < 1.29 is 33.6 Å². The summed E-state index contributed by atoms with van der Waals surface area (Å²) in [6.07, 6.45) is 1.57. The van der Waals surface area contributed by atoms with Crippen LogP contribution in [0.3, 0.4) is 0 Å². The molecular weight excluding hydrogens is 400 g/mol. The normalized spacial score (nSPS) is 15.4. The van der Waals surface area contributed by atoms with E-state index in [9.17, 15) is 29.8 Å². The molecule has 0 aromatic heterocycles. The number of hydrogen-bond acceptors (Lipinski definition) is 9. The number of nitro benzene ring substituents is 2. The second kappa shape index (κ2) is 9.09. The van der Waals surface area contributed by atoms with Crippen LogP contribution in [0.4, 0.5) is 11.4 Å². The maximum absolute atomic E-state index is 12.3. The molecule has 1 aliphatic rings. The quantitative estimate of drug-likeness (QED) is 0.287. The van der Waals surface area contributed by atoms with Crippen LogP contribution >= 0.6 is 0 Å². The highest BCUT2D eigenvalue weighted by atomic mass is 16.6. The van der Waals surface area contributed by atoms with Crippen molar-refractivity contribution in [2.45, 2.75) is 18.9 Å². The molecule has 1 atom stereocenters. The lowest BCUT2D eigenvalue weighted by molar-refractivity contribution is -0.394. The van der Waals surface area contributed by atoms with Gasteiger partial charge in [-0.05, 0) is 31.0 Å². The van der Waals surface area contributed by atoms with E-state index in [1.165, 1.54) is 24.3 Å². The second-order valence-corrected chi connectivity index (χ2v) is 6.40. The first-order chi connectivity index (χ1) is 14.3. The number of nitro groups is 2. The van der Waals surface area contributed by atoms with Gasteiger partial charge in [0.2, 0.25) is 0 Å². The molecule has 1 aliphatic heterocycles. The minimum atomic E-state index is -1.05. The molecule has 1 heterocycles. The van der Waals surface area contributed by atoms with Gasteiger partial charge in [-0.3, -0.25) is 20.2 Å². The van der Waals surface area contributed by atoms with Gasteiger partial charge < -0.3 is 14.2 Å². The second-order valence-electron chi connectivity index (χ2n) is 6.40. The minimum Gasteiger partial charge on any atom is -0.459 e. The van der Waals surface area contributed by atoms with Crippen LogP contribution in [0, 0.1) is 20.2 Å². The molecule has 0 radical (unpaired) electrons. The lowest BCUT2D eigenvalue weighted by Gasteiger charge is -2.11. The lowest BCUT2D eigenvalue weighted by Crippen LogP contribution is -2.18. The molecule has 1 saturated heterocycles. The molecule has 30 heavy (non-hydrogen) atoms. The molecule has 0 aliphatic carbocycles. The summed E-state index contributed by atoms with van der Waals surface area (Å²) >= 11 is 0. The maximum atomic E-state index is 12.3. The monoisotopic (exact) mass is 416 g/mol. The number of carbonyl (C=O) groups excluding carboxylic acids is 2.